The number of hydrogen-bond acceptors (Lipinski definition) is 7. The lowest BCUT2D eigenvalue weighted by Crippen LogP contribution is -2.53. The number of terminal acetylenes is 1. The van der Waals surface area contributed by atoms with E-state index >= 15 is 0 Å². The second-order valence-electron chi connectivity index (χ2n) is 6.73. The van der Waals surface area contributed by atoms with Crippen LogP contribution >= 0.6 is 0 Å². The molecule has 158 valence electrons. The topological polar surface area (TPSA) is 111 Å². The van der Waals surface area contributed by atoms with Gasteiger partial charge in [-0.2, -0.15) is 0 Å². The highest BCUT2D eigenvalue weighted by Gasteiger charge is 2.37. The van der Waals surface area contributed by atoms with E-state index < -0.39 is 31.8 Å². The Bertz CT molecular complexity index is 1000. The van der Waals surface area contributed by atoms with Gasteiger partial charge in [0, 0.05) is 12.8 Å². The average Bonchev–Trinajstić information content (AvgIpc) is 2.78. The molecule has 0 saturated carbocycles. The first-order chi connectivity index (χ1) is 15.0. The van der Waals surface area contributed by atoms with Gasteiger partial charge >= 0.3 is 19.1 Å². The van der Waals surface area contributed by atoms with Crippen molar-refractivity contribution >= 4 is 25.0 Å². The van der Waals surface area contributed by atoms with Gasteiger partial charge in [-0.25, -0.2) is 9.59 Å². The van der Waals surface area contributed by atoms with Gasteiger partial charge in [-0.1, -0.05) is 30.3 Å². The summed E-state index contributed by atoms with van der Waals surface area (Å²) in [6.45, 7) is -0.577. The summed E-state index contributed by atoms with van der Waals surface area (Å²) >= 11 is 0. The molecular formula is C22H20BNO7. The molecule has 2 N–H and O–H groups in total. The minimum absolute atomic E-state index is 0.0735. The van der Waals surface area contributed by atoms with Crippen LogP contribution in [-0.2, 0) is 20.7 Å². The van der Waals surface area contributed by atoms with Crippen molar-refractivity contribution in [1.82, 2.24) is 5.32 Å². The second-order valence-corrected chi connectivity index (χ2v) is 6.73. The molecule has 2 aromatic rings. The maximum absolute atomic E-state index is 12.5. The van der Waals surface area contributed by atoms with Gasteiger partial charge in [-0.3, -0.25) is 4.79 Å². The molecule has 1 aliphatic heterocycles. The molecule has 3 rings (SSSR count). The predicted octanol–water partition coefficient (Wildman–Crippen LogP) is 1.51. The lowest BCUT2D eigenvalue weighted by atomic mass is 9.72. The molecule has 0 spiro atoms. The molecular weight excluding hydrogens is 401 g/mol. The van der Waals surface area contributed by atoms with Gasteiger partial charge in [0.15, 0.2) is 0 Å². The molecule has 1 atom stereocenters. The van der Waals surface area contributed by atoms with E-state index in [1.165, 1.54) is 6.07 Å². The van der Waals surface area contributed by atoms with Gasteiger partial charge in [0.2, 0.25) is 12.7 Å². The molecule has 1 aliphatic rings. The molecule has 0 radical (unpaired) electrons. The summed E-state index contributed by atoms with van der Waals surface area (Å²) in [5.41, 5.74) is 1.02. The van der Waals surface area contributed by atoms with Crippen molar-refractivity contribution in [3.8, 4) is 18.1 Å². The van der Waals surface area contributed by atoms with Crippen molar-refractivity contribution in [3.63, 3.8) is 0 Å². The third kappa shape index (κ3) is 5.65. The molecule has 31 heavy (non-hydrogen) atoms. The SMILES string of the molecule is C#CCCC(=O)NC1Cc2cccc(C(=O)OCOC(=O)c3ccccc3)c2OB1O. The molecule has 9 heteroatoms. The number of para-hydroxylation sites is 1. The van der Waals surface area contributed by atoms with Crippen molar-refractivity contribution in [3.05, 3.63) is 65.2 Å². The zero-order valence-electron chi connectivity index (χ0n) is 16.6. The molecule has 1 amide bonds. The molecule has 0 aromatic heterocycles. The molecule has 8 nitrogen and oxygen atoms in total. The van der Waals surface area contributed by atoms with Gasteiger partial charge in [0.1, 0.15) is 11.3 Å². The Morgan fingerprint density at radius 1 is 1.13 bits per heavy atom. The number of esters is 2. The van der Waals surface area contributed by atoms with Crippen LogP contribution in [0.15, 0.2) is 48.5 Å². The lowest BCUT2D eigenvalue weighted by Gasteiger charge is -2.29. The van der Waals surface area contributed by atoms with Crippen LogP contribution in [-0.4, -0.2) is 42.7 Å². The molecule has 2 aromatic carbocycles. The number of amides is 1. The maximum Gasteiger partial charge on any atom is 0.547 e. The largest absolute Gasteiger partial charge is 0.547 e. The van der Waals surface area contributed by atoms with E-state index in [0.29, 0.717) is 11.1 Å². The van der Waals surface area contributed by atoms with Crippen molar-refractivity contribution in [1.29, 1.82) is 0 Å². The average molecular weight is 421 g/mol. The van der Waals surface area contributed by atoms with Crippen LogP contribution in [0.1, 0.15) is 39.1 Å². The van der Waals surface area contributed by atoms with E-state index in [9.17, 15) is 19.4 Å². The standard InChI is InChI=1S/C22H20BNO7/c1-2-3-12-19(25)24-18-13-16-10-7-11-17(20(16)31-23(18)28)22(27)30-14-29-21(26)15-8-5-4-6-9-15/h1,4-11,18,28H,3,12-14H2,(H,24,25). The van der Waals surface area contributed by atoms with Crippen molar-refractivity contribution in [2.75, 3.05) is 6.79 Å². The van der Waals surface area contributed by atoms with E-state index in [-0.39, 0.29) is 36.5 Å². The highest BCUT2D eigenvalue weighted by Crippen LogP contribution is 2.30. The first kappa shape index (κ1) is 21.9. The zero-order valence-corrected chi connectivity index (χ0v) is 16.6. The minimum atomic E-state index is -1.35. The van der Waals surface area contributed by atoms with E-state index in [1.54, 1.807) is 42.5 Å². The number of nitrogens with one attached hydrogen (secondary N) is 1. The molecule has 1 unspecified atom stereocenters. The quantitative estimate of drug-likeness (QED) is 0.302. The maximum atomic E-state index is 12.5. The fraction of sp³-hybridized carbons (Fsp3) is 0.227. The Morgan fingerprint density at radius 3 is 2.61 bits per heavy atom. The highest BCUT2D eigenvalue weighted by molar-refractivity contribution is 6.47. The summed E-state index contributed by atoms with van der Waals surface area (Å²) in [5.74, 6) is 0.146. The molecule has 1 heterocycles. The first-order valence-electron chi connectivity index (χ1n) is 9.58. The second kappa shape index (κ2) is 10.3. The number of fused-ring (bicyclic) bond motifs is 1. The summed E-state index contributed by atoms with van der Waals surface area (Å²) in [5, 5.41) is 12.9. The Balaban J connectivity index is 1.61. The Morgan fingerprint density at radius 2 is 1.87 bits per heavy atom. The van der Waals surface area contributed by atoms with Gasteiger partial charge in [0.25, 0.3) is 0 Å². The van der Waals surface area contributed by atoms with Crippen molar-refractivity contribution in [2.45, 2.75) is 25.2 Å². The number of hydrogen-bond donors (Lipinski definition) is 2. The number of carbonyl (C=O) groups excluding carboxylic acids is 3. The van der Waals surface area contributed by atoms with Gasteiger partial charge in [-0.15, -0.1) is 12.3 Å². The molecule has 0 saturated heterocycles. The van der Waals surface area contributed by atoms with Crippen LogP contribution in [0.4, 0.5) is 0 Å². The number of carbonyl (C=O) groups is 3. The number of benzene rings is 2. The van der Waals surface area contributed by atoms with Crippen LogP contribution < -0.4 is 9.97 Å². The highest BCUT2D eigenvalue weighted by atomic mass is 16.7. The number of rotatable bonds is 7. The number of ether oxygens (including phenoxy) is 2. The van der Waals surface area contributed by atoms with Gasteiger partial charge < -0.3 is 24.5 Å². The first-order valence-corrected chi connectivity index (χ1v) is 9.58. The van der Waals surface area contributed by atoms with Crippen LogP contribution in [0, 0.1) is 12.3 Å². The van der Waals surface area contributed by atoms with Crippen molar-refractivity contribution in [2.24, 2.45) is 0 Å². The van der Waals surface area contributed by atoms with E-state index in [2.05, 4.69) is 11.2 Å². The molecule has 0 fully saturated rings. The zero-order chi connectivity index (χ0) is 22.2. The van der Waals surface area contributed by atoms with Crippen LogP contribution in [0.25, 0.3) is 0 Å². The van der Waals surface area contributed by atoms with Crippen molar-refractivity contribution < 1.29 is 33.5 Å². The molecule has 0 bridgehead atoms. The smallest absolute Gasteiger partial charge is 0.534 e. The summed E-state index contributed by atoms with van der Waals surface area (Å²) < 4.78 is 15.5. The van der Waals surface area contributed by atoms with Crippen LogP contribution in [0.2, 0.25) is 0 Å². The fourth-order valence-electron chi connectivity index (χ4n) is 3.04. The van der Waals surface area contributed by atoms with Gasteiger partial charge in [0.05, 0.1) is 11.5 Å². The van der Waals surface area contributed by atoms with Crippen LogP contribution in [0.3, 0.4) is 0 Å². The summed E-state index contributed by atoms with van der Waals surface area (Å²) in [7, 11) is -1.35. The lowest BCUT2D eigenvalue weighted by molar-refractivity contribution is -0.121. The Kier molecular flexibility index (Phi) is 7.30. The van der Waals surface area contributed by atoms with Gasteiger partial charge in [-0.05, 0) is 30.2 Å². The van der Waals surface area contributed by atoms with Crippen LogP contribution in [0.5, 0.6) is 5.75 Å². The minimum Gasteiger partial charge on any atom is -0.534 e. The Labute approximate surface area is 179 Å². The fourth-order valence-corrected chi connectivity index (χ4v) is 3.04. The summed E-state index contributed by atoms with van der Waals surface area (Å²) in [4.78, 5) is 36.3. The predicted molar refractivity (Wildman–Crippen MR) is 111 cm³/mol. The Hall–Kier alpha value is -3.77. The van der Waals surface area contributed by atoms with E-state index in [4.69, 9.17) is 20.6 Å². The third-order valence-electron chi connectivity index (χ3n) is 4.57. The summed E-state index contributed by atoms with van der Waals surface area (Å²) in [6.07, 6.45) is 5.83. The third-order valence-corrected chi connectivity index (χ3v) is 4.57. The van der Waals surface area contributed by atoms with E-state index in [1.807, 2.05) is 0 Å². The van der Waals surface area contributed by atoms with E-state index in [0.717, 1.165) is 0 Å². The molecule has 0 aliphatic carbocycles. The summed E-state index contributed by atoms with van der Waals surface area (Å²) in [6, 6.07) is 13.1. The monoisotopic (exact) mass is 421 g/mol. The normalized spacial score (nSPS) is 14.5.